The van der Waals surface area contributed by atoms with Crippen LogP contribution in [0.2, 0.25) is 0 Å². The third-order valence-electron chi connectivity index (χ3n) is 12.7. The molecule has 0 fully saturated rings. The van der Waals surface area contributed by atoms with Gasteiger partial charge in [0.1, 0.15) is 19.8 Å². The van der Waals surface area contributed by atoms with Crippen LogP contribution in [-0.2, 0) is 32.7 Å². The van der Waals surface area contributed by atoms with Crippen LogP contribution in [-0.4, -0.2) is 70.0 Å². The fourth-order valence-electron chi connectivity index (χ4n) is 8.15. The topological polar surface area (TPSA) is 111 Å². The third-order valence-corrected chi connectivity index (χ3v) is 13.7. The van der Waals surface area contributed by atoms with Crippen molar-refractivity contribution in [3.05, 3.63) is 72.9 Å². The molecular weight excluding hydrogens is 918 g/mol. The number of hydrogen-bond acceptors (Lipinski definition) is 8. The number of phosphoric acid groups is 1. The number of nitrogens with zero attached hydrogens (tertiary/aromatic N) is 1. The van der Waals surface area contributed by atoms with Crippen molar-refractivity contribution in [3.63, 3.8) is 0 Å². The summed E-state index contributed by atoms with van der Waals surface area (Å²) < 4.78 is 34.2. The Morgan fingerprint density at radius 1 is 0.444 bits per heavy atom. The zero-order valence-electron chi connectivity index (χ0n) is 47.4. The molecule has 0 aliphatic heterocycles. The second-order valence-corrected chi connectivity index (χ2v) is 22.4. The molecule has 0 aromatic rings. The second kappa shape index (κ2) is 53.3. The van der Waals surface area contributed by atoms with Gasteiger partial charge in [-0.2, -0.15) is 0 Å². The molecule has 2 atom stereocenters. The molecule has 0 heterocycles. The molecule has 0 saturated carbocycles. The van der Waals surface area contributed by atoms with E-state index in [-0.39, 0.29) is 32.0 Å². The molecule has 0 aliphatic rings. The van der Waals surface area contributed by atoms with Gasteiger partial charge < -0.3 is 27.9 Å². The summed E-state index contributed by atoms with van der Waals surface area (Å²) in [5.41, 5.74) is 0. The van der Waals surface area contributed by atoms with Gasteiger partial charge in [-0.15, -0.1) is 0 Å². The maximum atomic E-state index is 12.8. The van der Waals surface area contributed by atoms with Crippen LogP contribution in [0.5, 0.6) is 0 Å². The molecule has 418 valence electrons. The van der Waals surface area contributed by atoms with Gasteiger partial charge in [-0.3, -0.25) is 14.2 Å². The maximum absolute atomic E-state index is 12.8. The Morgan fingerprint density at radius 2 is 0.792 bits per heavy atom. The number of likely N-dealkylation sites (N-methyl/N-ethyl adjacent to an activating group) is 1. The first-order chi connectivity index (χ1) is 35.0. The number of quaternary nitrogens is 1. The lowest BCUT2D eigenvalue weighted by Crippen LogP contribution is -2.37. The normalized spacial score (nSPS) is 13.8. The maximum Gasteiger partial charge on any atom is 0.306 e. The van der Waals surface area contributed by atoms with E-state index in [1.807, 2.05) is 21.1 Å². The molecule has 9 nitrogen and oxygen atoms in total. The highest BCUT2D eigenvalue weighted by molar-refractivity contribution is 7.45. The number of ether oxygens (including phenoxy) is 2. The minimum Gasteiger partial charge on any atom is -0.756 e. The van der Waals surface area contributed by atoms with Gasteiger partial charge in [-0.25, -0.2) is 0 Å². The third kappa shape index (κ3) is 56.7. The average molecular weight is 1030 g/mol. The van der Waals surface area contributed by atoms with Gasteiger partial charge in [0.25, 0.3) is 7.82 Å². The van der Waals surface area contributed by atoms with Crippen molar-refractivity contribution in [2.45, 2.75) is 264 Å². The van der Waals surface area contributed by atoms with Crippen LogP contribution in [0.1, 0.15) is 258 Å². The molecule has 0 saturated heterocycles. The molecule has 72 heavy (non-hydrogen) atoms. The zero-order chi connectivity index (χ0) is 52.7. The van der Waals surface area contributed by atoms with Crippen LogP contribution in [0.4, 0.5) is 0 Å². The molecule has 0 aromatic carbocycles. The van der Waals surface area contributed by atoms with Crippen LogP contribution >= 0.6 is 7.82 Å². The minimum absolute atomic E-state index is 0.0334. The zero-order valence-corrected chi connectivity index (χ0v) is 48.3. The van der Waals surface area contributed by atoms with Crippen LogP contribution in [0.3, 0.4) is 0 Å². The van der Waals surface area contributed by atoms with Crippen LogP contribution in [0.25, 0.3) is 0 Å². The molecule has 0 bridgehead atoms. The Labute approximate surface area is 444 Å². The summed E-state index contributed by atoms with van der Waals surface area (Å²) in [6.07, 6.45) is 69.4. The summed E-state index contributed by atoms with van der Waals surface area (Å²) in [4.78, 5) is 37.9. The van der Waals surface area contributed by atoms with E-state index in [1.54, 1.807) is 0 Å². The number of rotatable bonds is 54. The Morgan fingerprint density at radius 3 is 1.18 bits per heavy atom. The van der Waals surface area contributed by atoms with E-state index < -0.39 is 26.5 Å². The van der Waals surface area contributed by atoms with Gasteiger partial charge in [0.2, 0.25) is 0 Å². The molecule has 2 unspecified atom stereocenters. The summed E-state index contributed by atoms with van der Waals surface area (Å²) in [5, 5.41) is 0. The van der Waals surface area contributed by atoms with Crippen LogP contribution < -0.4 is 4.89 Å². The van der Waals surface area contributed by atoms with Crippen molar-refractivity contribution in [3.8, 4) is 0 Å². The van der Waals surface area contributed by atoms with E-state index in [2.05, 4.69) is 86.8 Å². The molecule has 0 N–H and O–H groups in total. The van der Waals surface area contributed by atoms with Gasteiger partial charge in [-0.05, 0) is 83.5 Å². The Hall–Kier alpha value is -2.55. The Kier molecular flexibility index (Phi) is 51.4. The molecule has 0 amide bonds. The summed E-state index contributed by atoms with van der Waals surface area (Å²) in [7, 11) is 1.16. The Bertz CT molecular complexity index is 1450. The van der Waals surface area contributed by atoms with Crippen molar-refractivity contribution < 1.29 is 42.1 Å². The second-order valence-electron chi connectivity index (χ2n) is 21.0. The van der Waals surface area contributed by atoms with Crippen molar-refractivity contribution in [2.24, 2.45) is 0 Å². The predicted octanol–water partition coefficient (Wildman–Crippen LogP) is 17.8. The van der Waals surface area contributed by atoms with Gasteiger partial charge in [0.15, 0.2) is 6.10 Å². The molecule has 0 aromatic heterocycles. The number of unbranched alkanes of at least 4 members (excludes halogenated alkanes) is 28. The van der Waals surface area contributed by atoms with Gasteiger partial charge >= 0.3 is 11.9 Å². The van der Waals surface area contributed by atoms with Gasteiger partial charge in [-0.1, -0.05) is 234 Å². The first-order valence-electron chi connectivity index (χ1n) is 29.6. The summed E-state index contributed by atoms with van der Waals surface area (Å²) in [5.74, 6) is -0.834. The quantitative estimate of drug-likeness (QED) is 0.0195. The monoisotopic (exact) mass is 1030 g/mol. The van der Waals surface area contributed by atoms with E-state index in [4.69, 9.17) is 18.5 Å². The number of carbonyl (C=O) groups is 2. The Balaban J connectivity index is 4.15. The number of hydrogen-bond donors (Lipinski definition) is 0. The summed E-state index contributed by atoms with van der Waals surface area (Å²) in [6.45, 7) is 4.13. The molecule has 0 rings (SSSR count). The highest BCUT2D eigenvalue weighted by atomic mass is 31.2. The number of allylic oxidation sites excluding steroid dienone is 12. The summed E-state index contributed by atoms with van der Waals surface area (Å²) in [6, 6.07) is 0. The number of esters is 2. The fourth-order valence-corrected chi connectivity index (χ4v) is 8.88. The molecule has 0 spiro atoms. The number of carbonyl (C=O) groups excluding carboxylic acids is 2. The molecular formula is C62H112NO8P. The highest BCUT2D eigenvalue weighted by Crippen LogP contribution is 2.38. The lowest BCUT2D eigenvalue weighted by Gasteiger charge is -2.28. The van der Waals surface area contributed by atoms with E-state index in [0.29, 0.717) is 17.4 Å². The molecule has 0 aliphatic carbocycles. The molecule has 10 heteroatoms. The van der Waals surface area contributed by atoms with Crippen molar-refractivity contribution >= 4 is 19.8 Å². The van der Waals surface area contributed by atoms with E-state index in [9.17, 15) is 19.0 Å². The first-order valence-corrected chi connectivity index (χ1v) is 31.1. The smallest absolute Gasteiger partial charge is 0.306 e. The predicted molar refractivity (Wildman–Crippen MR) is 305 cm³/mol. The van der Waals surface area contributed by atoms with Crippen LogP contribution in [0, 0.1) is 0 Å². The van der Waals surface area contributed by atoms with Crippen molar-refractivity contribution in [1.29, 1.82) is 0 Å². The average Bonchev–Trinajstić information content (AvgIpc) is 3.34. The largest absolute Gasteiger partial charge is 0.756 e. The van der Waals surface area contributed by atoms with Gasteiger partial charge in [0.05, 0.1) is 27.7 Å². The lowest BCUT2D eigenvalue weighted by atomic mass is 10.0. The van der Waals surface area contributed by atoms with Crippen molar-refractivity contribution in [2.75, 3.05) is 47.5 Å². The van der Waals surface area contributed by atoms with E-state index in [1.165, 1.54) is 148 Å². The van der Waals surface area contributed by atoms with E-state index in [0.717, 1.165) is 77.0 Å². The SMILES string of the molecule is CC/C=C\C/C=C\C/C=C\C/C=C\CCCCCCCCCCCCCCCCC(=O)OC(COC(=O)CCCCCCCCCCC/C=C\C/C=C\CCCCCCC)COP(=O)([O-])OCC[N+](C)(C)C. The van der Waals surface area contributed by atoms with Crippen molar-refractivity contribution in [1.82, 2.24) is 0 Å². The summed E-state index contributed by atoms with van der Waals surface area (Å²) >= 11 is 0. The van der Waals surface area contributed by atoms with E-state index >= 15 is 0 Å². The van der Waals surface area contributed by atoms with Crippen LogP contribution in [0.15, 0.2) is 72.9 Å². The number of phosphoric ester groups is 1. The minimum atomic E-state index is -4.64. The fraction of sp³-hybridized carbons (Fsp3) is 0.774. The first kappa shape index (κ1) is 69.5. The van der Waals surface area contributed by atoms with Gasteiger partial charge in [0, 0.05) is 12.8 Å². The lowest BCUT2D eigenvalue weighted by molar-refractivity contribution is -0.870. The highest BCUT2D eigenvalue weighted by Gasteiger charge is 2.22. The molecule has 0 radical (unpaired) electrons. The standard InChI is InChI=1S/C62H112NO8P/c1-6-8-10-12-14-16-18-20-22-24-26-28-29-30-31-32-33-35-37-39-41-43-45-47-49-51-53-55-62(65)71-60(59-70-72(66,67)69-57-56-63(3,4)5)58-68-61(64)54-52-50-48-46-44-42-40-38-36-34-27-25-23-21-19-17-15-13-11-9-7-2/h8,10,14,16,19-22,25-28,60H,6-7,9,11-13,15,17-18,23-24,29-59H2,1-5H3/b10-8-,16-14-,21-19-,22-20-,27-25-,28-26-.